The third kappa shape index (κ3) is 3.29. The first-order chi connectivity index (χ1) is 7.63. The van der Waals surface area contributed by atoms with Crippen LogP contribution >= 0.6 is 0 Å². The summed E-state index contributed by atoms with van der Waals surface area (Å²) >= 11 is 0. The van der Waals surface area contributed by atoms with Crippen LogP contribution in [0, 0.1) is 11.8 Å². The molecular weight excluding hydrogens is 200 g/mol. The maximum Gasteiger partial charge on any atom is 0.125 e. The smallest absolute Gasteiger partial charge is 0.125 e. The summed E-state index contributed by atoms with van der Waals surface area (Å²) in [5, 5.41) is 9.99. The molecule has 0 saturated heterocycles. The predicted octanol–water partition coefficient (Wildman–Crippen LogP) is 2.60. The molecule has 0 heterocycles. The van der Waals surface area contributed by atoms with E-state index in [9.17, 15) is 5.11 Å². The van der Waals surface area contributed by atoms with Gasteiger partial charge in [0.25, 0.3) is 0 Å². The van der Waals surface area contributed by atoms with Crippen LogP contribution in [0.1, 0.15) is 32.3 Å². The number of benzene rings is 1. The Morgan fingerprint density at radius 3 is 2.19 bits per heavy atom. The number of methoxy groups -OCH3 is 1. The van der Waals surface area contributed by atoms with Gasteiger partial charge >= 0.3 is 0 Å². The molecule has 1 aromatic rings. The van der Waals surface area contributed by atoms with E-state index in [0.29, 0.717) is 12.8 Å². The second-order valence-corrected chi connectivity index (χ2v) is 3.72. The summed E-state index contributed by atoms with van der Waals surface area (Å²) in [5.74, 6) is 6.71. The second kappa shape index (κ2) is 5.58. The quantitative estimate of drug-likeness (QED) is 0.790. The number of hydrogen-bond acceptors (Lipinski definition) is 2. The van der Waals surface area contributed by atoms with E-state index in [1.807, 2.05) is 38.1 Å². The molecule has 2 heteroatoms. The van der Waals surface area contributed by atoms with E-state index in [2.05, 4.69) is 11.8 Å². The zero-order valence-corrected chi connectivity index (χ0v) is 10.1. The maximum absolute atomic E-state index is 9.99. The average molecular weight is 218 g/mol. The van der Waals surface area contributed by atoms with Crippen molar-refractivity contribution in [1.29, 1.82) is 0 Å². The van der Waals surface area contributed by atoms with Crippen LogP contribution in [-0.2, 0) is 0 Å². The minimum Gasteiger partial charge on any atom is -0.497 e. The number of aliphatic hydroxyl groups is 1. The molecule has 16 heavy (non-hydrogen) atoms. The Hall–Kier alpha value is -1.46. The lowest BCUT2D eigenvalue weighted by atomic mass is 9.98. The number of rotatable bonds is 3. The lowest BCUT2D eigenvalue weighted by Gasteiger charge is -2.16. The Kier molecular flexibility index (Phi) is 4.39. The molecule has 1 aromatic carbocycles. The first kappa shape index (κ1) is 12.6. The molecule has 0 bridgehead atoms. The molecule has 0 unspecified atom stereocenters. The van der Waals surface area contributed by atoms with Crippen LogP contribution in [-0.4, -0.2) is 17.8 Å². The summed E-state index contributed by atoms with van der Waals surface area (Å²) in [7, 11) is 1.63. The highest BCUT2D eigenvalue weighted by molar-refractivity contribution is 5.39. The fourth-order valence-electron chi connectivity index (χ4n) is 1.29. The summed E-state index contributed by atoms with van der Waals surface area (Å²) in [6.45, 7) is 3.87. The van der Waals surface area contributed by atoms with Crippen LogP contribution in [0.4, 0.5) is 0 Å². The molecule has 0 atom stereocenters. The van der Waals surface area contributed by atoms with Gasteiger partial charge in [-0.2, -0.15) is 0 Å². The predicted molar refractivity (Wildman–Crippen MR) is 65.4 cm³/mol. The van der Waals surface area contributed by atoms with Gasteiger partial charge < -0.3 is 9.84 Å². The Balaban J connectivity index is 2.83. The Morgan fingerprint density at radius 1 is 1.19 bits per heavy atom. The van der Waals surface area contributed by atoms with Crippen LogP contribution in [0.3, 0.4) is 0 Å². The van der Waals surface area contributed by atoms with Crippen LogP contribution in [0.15, 0.2) is 24.3 Å². The Bertz CT molecular complexity index is 377. The fraction of sp³-hybridized carbons (Fsp3) is 0.429. The van der Waals surface area contributed by atoms with Crippen molar-refractivity contribution >= 4 is 0 Å². The van der Waals surface area contributed by atoms with Gasteiger partial charge in [0.15, 0.2) is 0 Å². The molecule has 1 N–H and O–H groups in total. The summed E-state index contributed by atoms with van der Waals surface area (Å²) in [5.41, 5.74) is 0.0287. The first-order valence-electron chi connectivity index (χ1n) is 5.53. The maximum atomic E-state index is 9.99. The molecule has 0 aliphatic heterocycles. The van der Waals surface area contributed by atoms with Gasteiger partial charge in [-0.05, 0) is 37.1 Å². The molecule has 0 aromatic heterocycles. The standard InChI is InChI=1S/C14H18O2/c1-4-14(15,5-2)11-10-12-6-8-13(16-3)9-7-12/h6-9,15H,4-5H2,1-3H3. The Morgan fingerprint density at radius 2 is 1.75 bits per heavy atom. The summed E-state index contributed by atoms with van der Waals surface area (Å²) in [6.07, 6.45) is 1.29. The van der Waals surface area contributed by atoms with Gasteiger partial charge in [-0.15, -0.1) is 0 Å². The molecule has 0 fully saturated rings. The molecule has 0 aliphatic rings. The van der Waals surface area contributed by atoms with E-state index in [-0.39, 0.29) is 0 Å². The van der Waals surface area contributed by atoms with Crippen molar-refractivity contribution in [3.8, 4) is 17.6 Å². The van der Waals surface area contributed by atoms with Gasteiger partial charge in [0.1, 0.15) is 11.4 Å². The molecule has 0 radical (unpaired) electrons. The first-order valence-corrected chi connectivity index (χ1v) is 5.53. The van der Waals surface area contributed by atoms with Gasteiger partial charge in [-0.1, -0.05) is 25.7 Å². The van der Waals surface area contributed by atoms with Crippen molar-refractivity contribution in [3.05, 3.63) is 29.8 Å². The molecular formula is C14H18O2. The van der Waals surface area contributed by atoms with E-state index in [0.717, 1.165) is 11.3 Å². The molecule has 86 valence electrons. The SMILES string of the molecule is CCC(O)(C#Cc1ccc(OC)cc1)CC. The van der Waals surface area contributed by atoms with E-state index in [1.165, 1.54) is 0 Å². The van der Waals surface area contributed by atoms with Gasteiger partial charge in [-0.25, -0.2) is 0 Å². The van der Waals surface area contributed by atoms with Crippen LogP contribution in [0.5, 0.6) is 5.75 Å². The van der Waals surface area contributed by atoms with Crippen molar-refractivity contribution in [3.63, 3.8) is 0 Å². The molecule has 0 spiro atoms. The topological polar surface area (TPSA) is 29.5 Å². The monoisotopic (exact) mass is 218 g/mol. The largest absolute Gasteiger partial charge is 0.497 e. The van der Waals surface area contributed by atoms with Gasteiger partial charge in [-0.3, -0.25) is 0 Å². The van der Waals surface area contributed by atoms with E-state index in [1.54, 1.807) is 7.11 Å². The van der Waals surface area contributed by atoms with Crippen LogP contribution < -0.4 is 4.74 Å². The molecule has 0 amide bonds. The Labute approximate surface area is 97.3 Å². The summed E-state index contributed by atoms with van der Waals surface area (Å²) in [4.78, 5) is 0. The van der Waals surface area contributed by atoms with Gasteiger partial charge in [0.05, 0.1) is 7.11 Å². The van der Waals surface area contributed by atoms with Crippen molar-refractivity contribution in [2.75, 3.05) is 7.11 Å². The molecule has 0 saturated carbocycles. The minimum atomic E-state index is -0.861. The van der Waals surface area contributed by atoms with Crippen LogP contribution in [0.2, 0.25) is 0 Å². The summed E-state index contributed by atoms with van der Waals surface area (Å²) in [6, 6.07) is 7.50. The lowest BCUT2D eigenvalue weighted by molar-refractivity contribution is 0.0931. The average Bonchev–Trinajstić information content (AvgIpc) is 2.36. The van der Waals surface area contributed by atoms with E-state index in [4.69, 9.17) is 4.74 Å². The molecule has 2 nitrogen and oxygen atoms in total. The highest BCUT2D eigenvalue weighted by Crippen LogP contribution is 2.14. The normalized spacial score (nSPS) is 10.5. The molecule has 1 rings (SSSR count). The molecule has 0 aliphatic carbocycles. The zero-order chi connectivity index (χ0) is 12.0. The minimum absolute atomic E-state index is 0.645. The van der Waals surface area contributed by atoms with E-state index >= 15 is 0 Å². The van der Waals surface area contributed by atoms with Crippen molar-refractivity contribution in [2.45, 2.75) is 32.3 Å². The second-order valence-electron chi connectivity index (χ2n) is 3.72. The van der Waals surface area contributed by atoms with Gasteiger partial charge in [0, 0.05) is 5.56 Å². The lowest BCUT2D eigenvalue weighted by Crippen LogP contribution is -2.23. The van der Waals surface area contributed by atoms with Crippen molar-refractivity contribution in [2.24, 2.45) is 0 Å². The van der Waals surface area contributed by atoms with Crippen molar-refractivity contribution in [1.82, 2.24) is 0 Å². The van der Waals surface area contributed by atoms with Crippen LogP contribution in [0.25, 0.3) is 0 Å². The van der Waals surface area contributed by atoms with Crippen molar-refractivity contribution < 1.29 is 9.84 Å². The number of ether oxygens (including phenoxy) is 1. The highest BCUT2D eigenvalue weighted by Gasteiger charge is 2.17. The number of hydrogen-bond donors (Lipinski definition) is 1. The summed E-state index contributed by atoms with van der Waals surface area (Å²) < 4.78 is 5.06. The van der Waals surface area contributed by atoms with Gasteiger partial charge in [0.2, 0.25) is 0 Å². The third-order valence-corrected chi connectivity index (χ3v) is 2.70. The fourth-order valence-corrected chi connectivity index (χ4v) is 1.29. The third-order valence-electron chi connectivity index (χ3n) is 2.70. The highest BCUT2D eigenvalue weighted by atomic mass is 16.5. The zero-order valence-electron chi connectivity index (χ0n) is 10.1. The van der Waals surface area contributed by atoms with E-state index < -0.39 is 5.60 Å².